The van der Waals surface area contributed by atoms with Crippen LogP contribution in [0.4, 0.5) is 5.69 Å². The molecule has 0 atom stereocenters. The summed E-state index contributed by atoms with van der Waals surface area (Å²) >= 11 is 5.92. The van der Waals surface area contributed by atoms with Crippen molar-refractivity contribution in [2.75, 3.05) is 5.32 Å². The summed E-state index contributed by atoms with van der Waals surface area (Å²) in [7, 11) is -3.93. The van der Waals surface area contributed by atoms with Crippen LogP contribution in [0.1, 0.15) is 59.3 Å². The highest BCUT2D eigenvalue weighted by molar-refractivity contribution is 7.91. The number of nitrogens with one attached hydrogen (secondary N) is 1. The molecule has 0 fully saturated rings. The number of carbonyl (C=O) groups is 1. The van der Waals surface area contributed by atoms with E-state index in [1.165, 1.54) is 42.5 Å². The van der Waals surface area contributed by atoms with E-state index in [0.717, 1.165) is 11.1 Å². The Morgan fingerprint density at radius 3 is 2.20 bits per heavy atom. The molecule has 0 unspecified atom stereocenters. The van der Waals surface area contributed by atoms with Crippen molar-refractivity contribution in [1.29, 1.82) is 0 Å². The van der Waals surface area contributed by atoms with Gasteiger partial charge in [-0.25, -0.2) is 8.42 Å². The molecule has 0 saturated carbocycles. The fourth-order valence-electron chi connectivity index (χ4n) is 4.70. The number of sulfone groups is 1. The summed E-state index contributed by atoms with van der Waals surface area (Å²) in [5.41, 5.74) is 2.55. The van der Waals surface area contributed by atoms with Crippen LogP contribution in [-0.2, 0) is 22.7 Å². The molecular formula is C31H30ClNO6S. The average molecular weight is 580 g/mol. The first kappa shape index (κ1) is 29.0. The molecule has 0 spiro atoms. The van der Waals surface area contributed by atoms with Crippen LogP contribution in [0.2, 0.25) is 5.02 Å². The van der Waals surface area contributed by atoms with Crippen molar-refractivity contribution in [3.8, 4) is 17.2 Å². The Hall–Kier alpha value is -4.01. The van der Waals surface area contributed by atoms with Crippen LogP contribution in [0, 0.1) is 0 Å². The minimum atomic E-state index is -3.93. The molecule has 9 heteroatoms. The lowest BCUT2D eigenvalue weighted by atomic mass is 9.92. The van der Waals surface area contributed by atoms with Crippen molar-refractivity contribution in [3.63, 3.8) is 0 Å². The predicted octanol–water partition coefficient (Wildman–Crippen LogP) is 6.82. The number of aromatic hydroxyl groups is 3. The third-order valence-electron chi connectivity index (χ3n) is 6.78. The van der Waals surface area contributed by atoms with Gasteiger partial charge in [0.05, 0.1) is 15.4 Å². The van der Waals surface area contributed by atoms with Crippen molar-refractivity contribution < 1.29 is 28.5 Å². The zero-order valence-corrected chi connectivity index (χ0v) is 23.8. The number of phenolic OH excluding ortho intramolecular Hbond substituents is 3. The van der Waals surface area contributed by atoms with Gasteiger partial charge in [-0.15, -0.1) is 0 Å². The van der Waals surface area contributed by atoms with Crippen molar-refractivity contribution >= 4 is 33.0 Å². The van der Waals surface area contributed by atoms with E-state index in [-0.39, 0.29) is 45.4 Å². The van der Waals surface area contributed by atoms with E-state index in [0.29, 0.717) is 10.6 Å². The number of hydrogen-bond donors (Lipinski definition) is 4. The largest absolute Gasteiger partial charge is 0.504 e. The minimum Gasteiger partial charge on any atom is -0.504 e. The zero-order valence-electron chi connectivity index (χ0n) is 22.3. The van der Waals surface area contributed by atoms with E-state index in [2.05, 4.69) is 5.32 Å². The smallest absolute Gasteiger partial charge is 0.259 e. The van der Waals surface area contributed by atoms with Gasteiger partial charge in [-0.05, 0) is 71.5 Å². The maximum atomic E-state index is 13.4. The molecule has 1 amide bonds. The van der Waals surface area contributed by atoms with E-state index in [1.54, 1.807) is 13.0 Å². The van der Waals surface area contributed by atoms with Crippen LogP contribution in [0.5, 0.6) is 17.2 Å². The standard InChI is InChI=1S/C31H30ClNO6S/c1-4-23-26(10-7-11-27(23)40(38,39)22-14-12-21(32)13-15-22)33-31(37)25-17-20(28(34)30(36)29(25)35)16-19-8-5-6-9-24(19)18(2)3/h5-15,17-18,34-36H,4,16H2,1-3H3,(H,33,37). The van der Waals surface area contributed by atoms with Gasteiger partial charge in [-0.1, -0.05) is 62.7 Å². The second-order valence-electron chi connectivity index (χ2n) is 9.71. The number of amides is 1. The molecule has 4 rings (SSSR count). The third kappa shape index (κ3) is 5.64. The monoisotopic (exact) mass is 579 g/mol. The highest BCUT2D eigenvalue weighted by Crippen LogP contribution is 2.42. The number of halogens is 1. The molecule has 7 nitrogen and oxygen atoms in total. The number of phenols is 3. The molecule has 0 saturated heterocycles. The molecule has 0 aliphatic carbocycles. The summed E-state index contributed by atoms with van der Waals surface area (Å²) in [6.45, 7) is 5.84. The highest BCUT2D eigenvalue weighted by atomic mass is 35.5. The predicted molar refractivity (Wildman–Crippen MR) is 155 cm³/mol. The molecule has 208 valence electrons. The molecule has 0 aliphatic heterocycles. The van der Waals surface area contributed by atoms with Gasteiger partial charge < -0.3 is 20.6 Å². The fraction of sp³-hybridized carbons (Fsp3) is 0.194. The molecule has 4 aromatic carbocycles. The molecule has 4 aromatic rings. The molecule has 0 aliphatic rings. The minimum absolute atomic E-state index is 0.0267. The van der Waals surface area contributed by atoms with Gasteiger partial charge in [-0.2, -0.15) is 0 Å². The van der Waals surface area contributed by atoms with Crippen LogP contribution in [0.15, 0.2) is 82.6 Å². The number of anilines is 1. The van der Waals surface area contributed by atoms with Crippen LogP contribution in [0.3, 0.4) is 0 Å². The Morgan fingerprint density at radius 1 is 0.875 bits per heavy atom. The maximum absolute atomic E-state index is 13.4. The van der Waals surface area contributed by atoms with Crippen LogP contribution >= 0.6 is 11.6 Å². The summed E-state index contributed by atoms with van der Waals surface area (Å²) in [6.07, 6.45) is 0.492. The van der Waals surface area contributed by atoms with Gasteiger partial charge >= 0.3 is 0 Å². The molecule has 0 bridgehead atoms. The topological polar surface area (TPSA) is 124 Å². The van der Waals surface area contributed by atoms with Gasteiger partial charge in [0.1, 0.15) is 0 Å². The summed E-state index contributed by atoms with van der Waals surface area (Å²) in [4.78, 5) is 13.5. The van der Waals surface area contributed by atoms with Gasteiger partial charge in [0.15, 0.2) is 11.5 Å². The quantitative estimate of drug-likeness (QED) is 0.170. The van der Waals surface area contributed by atoms with E-state index in [4.69, 9.17) is 11.6 Å². The summed E-state index contributed by atoms with van der Waals surface area (Å²) in [5.74, 6) is -2.67. The first-order valence-corrected chi connectivity index (χ1v) is 14.6. The van der Waals surface area contributed by atoms with E-state index >= 15 is 0 Å². The SMILES string of the molecule is CCc1c(NC(=O)c2cc(Cc3ccccc3C(C)C)c(O)c(O)c2O)cccc1S(=O)(=O)c1ccc(Cl)cc1. The Bertz CT molecular complexity index is 1680. The van der Waals surface area contributed by atoms with Gasteiger partial charge in [0, 0.05) is 22.7 Å². The molecule has 0 aromatic heterocycles. The Morgan fingerprint density at radius 2 is 1.55 bits per heavy atom. The number of benzene rings is 4. The van der Waals surface area contributed by atoms with Crippen molar-refractivity contribution in [2.24, 2.45) is 0 Å². The lowest BCUT2D eigenvalue weighted by Gasteiger charge is -2.17. The maximum Gasteiger partial charge on any atom is 0.259 e. The normalized spacial score (nSPS) is 11.5. The molecule has 0 radical (unpaired) electrons. The first-order valence-electron chi connectivity index (χ1n) is 12.7. The number of hydrogen-bond acceptors (Lipinski definition) is 6. The summed E-state index contributed by atoms with van der Waals surface area (Å²) in [5, 5.41) is 34.7. The van der Waals surface area contributed by atoms with Crippen LogP contribution in [0.25, 0.3) is 0 Å². The molecule has 40 heavy (non-hydrogen) atoms. The van der Waals surface area contributed by atoms with Crippen molar-refractivity contribution in [3.05, 3.63) is 106 Å². The van der Waals surface area contributed by atoms with Gasteiger partial charge in [-0.3, -0.25) is 4.79 Å². The fourth-order valence-corrected chi connectivity index (χ4v) is 6.41. The summed E-state index contributed by atoms with van der Waals surface area (Å²) in [6, 6.07) is 19.3. The molecule has 0 heterocycles. The van der Waals surface area contributed by atoms with E-state index in [9.17, 15) is 28.5 Å². The zero-order chi connectivity index (χ0) is 29.2. The van der Waals surface area contributed by atoms with Crippen molar-refractivity contribution in [1.82, 2.24) is 0 Å². The Kier molecular flexibility index (Phi) is 8.42. The summed E-state index contributed by atoms with van der Waals surface area (Å²) < 4.78 is 26.8. The lowest BCUT2D eigenvalue weighted by Crippen LogP contribution is -2.16. The van der Waals surface area contributed by atoms with Crippen LogP contribution in [-0.4, -0.2) is 29.6 Å². The van der Waals surface area contributed by atoms with Gasteiger partial charge in [0.25, 0.3) is 5.91 Å². The highest BCUT2D eigenvalue weighted by Gasteiger charge is 2.26. The van der Waals surface area contributed by atoms with Crippen LogP contribution < -0.4 is 5.32 Å². The second-order valence-corrected chi connectivity index (χ2v) is 12.1. The van der Waals surface area contributed by atoms with Crippen molar-refractivity contribution in [2.45, 2.75) is 49.3 Å². The first-order chi connectivity index (χ1) is 18.9. The van der Waals surface area contributed by atoms with Gasteiger partial charge in [0.2, 0.25) is 15.6 Å². The third-order valence-corrected chi connectivity index (χ3v) is 8.88. The Labute approximate surface area is 238 Å². The molecule has 4 N–H and O–H groups in total. The Balaban J connectivity index is 1.72. The average Bonchev–Trinajstić information content (AvgIpc) is 2.93. The van der Waals surface area contributed by atoms with E-state index in [1.807, 2.05) is 38.1 Å². The van der Waals surface area contributed by atoms with E-state index < -0.39 is 33.0 Å². The number of carbonyl (C=O) groups excluding carboxylic acids is 1. The lowest BCUT2D eigenvalue weighted by molar-refractivity contribution is 0.102. The number of rotatable bonds is 8. The second kappa shape index (κ2) is 11.6. The molecular weight excluding hydrogens is 550 g/mol.